The summed E-state index contributed by atoms with van der Waals surface area (Å²) in [6, 6.07) is 6.96. The van der Waals surface area contributed by atoms with E-state index in [-0.39, 0.29) is 10.9 Å². The lowest BCUT2D eigenvalue weighted by atomic mass is 10.1. The first-order chi connectivity index (χ1) is 13.6. The minimum Gasteiger partial charge on any atom is -0.490 e. The summed E-state index contributed by atoms with van der Waals surface area (Å²) in [5.41, 5.74) is 0. The quantitative estimate of drug-likeness (QED) is 0.770. The fourth-order valence-electron chi connectivity index (χ4n) is 3.60. The van der Waals surface area contributed by atoms with Gasteiger partial charge in [-0.3, -0.25) is 0 Å². The van der Waals surface area contributed by atoms with E-state index in [1.807, 2.05) is 13.1 Å². The zero-order valence-electron chi connectivity index (χ0n) is 15.8. The Morgan fingerprint density at radius 1 is 1.11 bits per heavy atom. The number of fused-ring (bicyclic) bond motifs is 1. The smallest absolute Gasteiger partial charge is 0.243 e. The number of piperidine rings is 1. The fraction of sp³-hybridized carbons (Fsp3) is 0.474. The van der Waals surface area contributed by atoms with Gasteiger partial charge in [-0.1, -0.05) is 0 Å². The largest absolute Gasteiger partial charge is 0.490 e. The zero-order chi connectivity index (χ0) is 19.6. The van der Waals surface area contributed by atoms with Gasteiger partial charge in [-0.05, 0) is 31.0 Å². The Morgan fingerprint density at radius 3 is 2.57 bits per heavy atom. The molecule has 2 aromatic rings. The van der Waals surface area contributed by atoms with Gasteiger partial charge in [-0.25, -0.2) is 18.4 Å². The number of benzene rings is 1. The first-order valence-corrected chi connectivity index (χ1v) is 10.9. The molecule has 8 nitrogen and oxygen atoms in total. The topological polar surface area (TPSA) is 84.9 Å². The number of anilines is 1. The van der Waals surface area contributed by atoms with E-state index >= 15 is 0 Å². The molecule has 0 atom stereocenters. The summed E-state index contributed by atoms with van der Waals surface area (Å²) < 4.78 is 39.0. The van der Waals surface area contributed by atoms with Crippen LogP contribution in [0.25, 0.3) is 0 Å². The molecule has 0 aliphatic carbocycles. The number of nitrogens with zero attached hydrogens (tertiary/aromatic N) is 4. The molecule has 0 unspecified atom stereocenters. The van der Waals surface area contributed by atoms with E-state index in [0.717, 1.165) is 25.1 Å². The van der Waals surface area contributed by atoms with Crippen molar-refractivity contribution in [3.63, 3.8) is 0 Å². The molecule has 1 saturated heterocycles. The summed E-state index contributed by atoms with van der Waals surface area (Å²) in [6.07, 6.45) is 5.50. The van der Waals surface area contributed by atoms with E-state index in [9.17, 15) is 8.42 Å². The van der Waals surface area contributed by atoms with Crippen LogP contribution in [0.4, 0.5) is 5.82 Å². The molecule has 0 saturated carbocycles. The Hall–Kier alpha value is -2.39. The van der Waals surface area contributed by atoms with E-state index in [4.69, 9.17) is 9.47 Å². The first-order valence-electron chi connectivity index (χ1n) is 9.44. The van der Waals surface area contributed by atoms with Crippen LogP contribution < -0.4 is 14.4 Å². The second kappa shape index (κ2) is 7.92. The Kier molecular flexibility index (Phi) is 5.36. The Bertz CT molecular complexity index is 915. The number of ether oxygens (including phenoxy) is 2. The van der Waals surface area contributed by atoms with Gasteiger partial charge in [0.15, 0.2) is 11.5 Å². The molecule has 2 aliphatic heterocycles. The highest BCUT2D eigenvalue weighted by molar-refractivity contribution is 7.89. The van der Waals surface area contributed by atoms with Crippen molar-refractivity contribution in [3.8, 4) is 11.5 Å². The average molecular weight is 404 g/mol. The highest BCUT2D eigenvalue weighted by Crippen LogP contribution is 2.33. The average Bonchev–Trinajstić information content (AvgIpc) is 2.99. The fourth-order valence-corrected chi connectivity index (χ4v) is 5.09. The number of hydrogen-bond acceptors (Lipinski definition) is 7. The highest BCUT2D eigenvalue weighted by atomic mass is 32.2. The SMILES string of the molecule is CN(c1ccncn1)C1CCN(S(=O)(=O)c2ccc3c(c2)OCCCO3)CC1. The number of hydrogen-bond donors (Lipinski definition) is 0. The van der Waals surface area contributed by atoms with Crippen LogP contribution >= 0.6 is 0 Å². The summed E-state index contributed by atoms with van der Waals surface area (Å²) in [7, 11) is -1.58. The number of aromatic nitrogens is 2. The molecule has 0 amide bonds. The van der Waals surface area contributed by atoms with E-state index in [1.165, 1.54) is 6.33 Å². The predicted molar refractivity (Wildman–Crippen MR) is 104 cm³/mol. The lowest BCUT2D eigenvalue weighted by Crippen LogP contribution is -2.45. The highest BCUT2D eigenvalue weighted by Gasteiger charge is 2.32. The monoisotopic (exact) mass is 404 g/mol. The zero-order valence-corrected chi connectivity index (χ0v) is 16.6. The van der Waals surface area contributed by atoms with Gasteiger partial charge in [-0.2, -0.15) is 4.31 Å². The minimum atomic E-state index is -3.57. The summed E-state index contributed by atoms with van der Waals surface area (Å²) in [6.45, 7) is 2.04. The van der Waals surface area contributed by atoms with Crippen LogP contribution in [0.1, 0.15) is 19.3 Å². The molecule has 150 valence electrons. The second-order valence-corrected chi connectivity index (χ2v) is 8.91. The van der Waals surface area contributed by atoms with Gasteiger partial charge in [0.25, 0.3) is 0 Å². The number of sulfonamides is 1. The van der Waals surface area contributed by atoms with Crippen molar-refractivity contribution in [3.05, 3.63) is 36.8 Å². The molecular weight excluding hydrogens is 380 g/mol. The molecule has 0 radical (unpaired) electrons. The maximum atomic E-state index is 13.1. The first kappa shape index (κ1) is 18.9. The van der Waals surface area contributed by atoms with Crippen molar-refractivity contribution in [2.75, 3.05) is 38.3 Å². The van der Waals surface area contributed by atoms with Gasteiger partial charge in [0.2, 0.25) is 10.0 Å². The van der Waals surface area contributed by atoms with Crippen LogP contribution in [-0.2, 0) is 10.0 Å². The third kappa shape index (κ3) is 3.77. The van der Waals surface area contributed by atoms with Gasteiger partial charge >= 0.3 is 0 Å². The van der Waals surface area contributed by atoms with Crippen molar-refractivity contribution < 1.29 is 17.9 Å². The Morgan fingerprint density at radius 2 is 1.86 bits per heavy atom. The van der Waals surface area contributed by atoms with Crippen molar-refractivity contribution in [2.24, 2.45) is 0 Å². The van der Waals surface area contributed by atoms with Gasteiger partial charge in [0.05, 0.1) is 18.1 Å². The van der Waals surface area contributed by atoms with Crippen LogP contribution in [-0.4, -0.2) is 62.1 Å². The molecule has 1 aromatic heterocycles. The maximum absolute atomic E-state index is 13.1. The van der Waals surface area contributed by atoms with E-state index in [0.29, 0.717) is 37.8 Å². The van der Waals surface area contributed by atoms with Gasteiger partial charge in [0, 0.05) is 44.9 Å². The molecule has 4 rings (SSSR count). The predicted octanol–water partition coefficient (Wildman–Crippen LogP) is 1.93. The summed E-state index contributed by atoms with van der Waals surface area (Å²) in [5.74, 6) is 1.94. The van der Waals surface area contributed by atoms with Crippen molar-refractivity contribution in [1.82, 2.24) is 14.3 Å². The summed E-state index contributed by atoms with van der Waals surface area (Å²) in [4.78, 5) is 10.6. The van der Waals surface area contributed by atoms with E-state index < -0.39 is 10.0 Å². The van der Waals surface area contributed by atoms with E-state index in [1.54, 1.807) is 28.7 Å². The third-order valence-corrected chi connectivity index (χ3v) is 7.15. The maximum Gasteiger partial charge on any atom is 0.243 e. The van der Waals surface area contributed by atoms with Gasteiger partial charge < -0.3 is 14.4 Å². The molecule has 0 N–H and O–H groups in total. The molecule has 1 aromatic carbocycles. The van der Waals surface area contributed by atoms with Gasteiger partial charge in [-0.15, -0.1) is 0 Å². The van der Waals surface area contributed by atoms with Crippen molar-refractivity contribution in [2.45, 2.75) is 30.2 Å². The van der Waals surface area contributed by atoms with Crippen LogP contribution in [0.15, 0.2) is 41.7 Å². The van der Waals surface area contributed by atoms with Crippen LogP contribution in [0.2, 0.25) is 0 Å². The van der Waals surface area contributed by atoms with E-state index in [2.05, 4.69) is 14.9 Å². The Balaban J connectivity index is 1.46. The van der Waals surface area contributed by atoms with Crippen molar-refractivity contribution >= 4 is 15.8 Å². The van der Waals surface area contributed by atoms with Crippen LogP contribution in [0.5, 0.6) is 11.5 Å². The molecule has 28 heavy (non-hydrogen) atoms. The molecular formula is C19H24N4O4S. The van der Waals surface area contributed by atoms with Crippen molar-refractivity contribution in [1.29, 1.82) is 0 Å². The molecule has 1 fully saturated rings. The standard InChI is InChI=1S/C19H24N4O4S/c1-22(19-5-8-20-14-21-19)15-6-9-23(10-7-15)28(24,25)16-3-4-17-18(13-16)27-12-2-11-26-17/h3-5,8,13-15H,2,6-7,9-12H2,1H3. The number of rotatable bonds is 4. The summed E-state index contributed by atoms with van der Waals surface area (Å²) in [5, 5.41) is 0. The molecule has 0 spiro atoms. The second-order valence-electron chi connectivity index (χ2n) is 6.97. The lowest BCUT2D eigenvalue weighted by Gasteiger charge is -2.36. The molecule has 9 heteroatoms. The minimum absolute atomic E-state index is 0.241. The van der Waals surface area contributed by atoms with Crippen LogP contribution in [0.3, 0.4) is 0 Å². The molecule has 3 heterocycles. The molecule has 2 aliphatic rings. The lowest BCUT2D eigenvalue weighted by molar-refractivity contribution is 0.296. The molecule has 0 bridgehead atoms. The summed E-state index contributed by atoms with van der Waals surface area (Å²) >= 11 is 0. The normalized spacial score (nSPS) is 18.5. The Labute approximate surface area is 165 Å². The van der Waals surface area contributed by atoms with Gasteiger partial charge in [0.1, 0.15) is 12.1 Å². The third-order valence-electron chi connectivity index (χ3n) is 5.26. The van der Waals surface area contributed by atoms with Crippen LogP contribution in [0, 0.1) is 0 Å².